The summed E-state index contributed by atoms with van der Waals surface area (Å²) in [7, 11) is 0. The third-order valence-electron chi connectivity index (χ3n) is 6.35. The standard InChI is InChI=1S/C27H36F5N3O5/c1-14(2)19(21(36)26(28,29)27(30,31)32)33-22(37)18-12-16-10-8-9-11-17(16)13-35(18)23(38)20(15(3)4)34-24(39)40-25(5,6)7/h8-11,14-15,18-20H,12-13H2,1-7H3,(H,33,37)(H,34,39)/t18?,19?,20-/m0/s1. The van der Waals surface area contributed by atoms with Gasteiger partial charge in [0.15, 0.2) is 0 Å². The lowest BCUT2D eigenvalue weighted by Crippen LogP contribution is -2.62. The Morgan fingerprint density at radius 2 is 1.40 bits per heavy atom. The topological polar surface area (TPSA) is 105 Å². The first-order valence-corrected chi connectivity index (χ1v) is 12.8. The van der Waals surface area contributed by atoms with Gasteiger partial charge in [-0.3, -0.25) is 14.4 Å². The summed E-state index contributed by atoms with van der Waals surface area (Å²) >= 11 is 0. The van der Waals surface area contributed by atoms with Gasteiger partial charge in [-0.05, 0) is 43.7 Å². The van der Waals surface area contributed by atoms with E-state index in [0.29, 0.717) is 11.1 Å². The van der Waals surface area contributed by atoms with Crippen molar-refractivity contribution in [1.82, 2.24) is 15.5 Å². The first kappa shape index (κ1) is 33.0. The van der Waals surface area contributed by atoms with E-state index in [4.69, 9.17) is 4.74 Å². The minimum Gasteiger partial charge on any atom is -0.444 e. The fourth-order valence-corrected chi connectivity index (χ4v) is 4.23. The number of carbonyl (C=O) groups is 4. The third-order valence-corrected chi connectivity index (χ3v) is 6.35. The quantitative estimate of drug-likeness (QED) is 0.446. The number of halogens is 5. The zero-order chi connectivity index (χ0) is 30.8. The summed E-state index contributed by atoms with van der Waals surface area (Å²) in [6.45, 7) is 10.5. The second-order valence-corrected chi connectivity index (χ2v) is 11.5. The van der Waals surface area contributed by atoms with Gasteiger partial charge >= 0.3 is 18.2 Å². The molecule has 1 aliphatic heterocycles. The van der Waals surface area contributed by atoms with Gasteiger partial charge in [-0.25, -0.2) is 4.79 Å². The summed E-state index contributed by atoms with van der Waals surface area (Å²) in [5.41, 5.74) is 0.471. The Morgan fingerprint density at radius 1 is 0.875 bits per heavy atom. The van der Waals surface area contributed by atoms with Crippen molar-refractivity contribution in [1.29, 1.82) is 0 Å². The highest BCUT2D eigenvalue weighted by Gasteiger charge is 2.64. The van der Waals surface area contributed by atoms with Gasteiger partial charge < -0.3 is 20.3 Å². The molecule has 0 radical (unpaired) electrons. The van der Waals surface area contributed by atoms with Crippen molar-refractivity contribution < 1.29 is 45.9 Å². The maximum Gasteiger partial charge on any atom is 0.461 e. The van der Waals surface area contributed by atoms with Crippen molar-refractivity contribution in [2.45, 2.75) is 97.3 Å². The highest BCUT2D eigenvalue weighted by atomic mass is 19.4. The smallest absolute Gasteiger partial charge is 0.444 e. The molecule has 0 saturated heterocycles. The lowest BCUT2D eigenvalue weighted by molar-refractivity contribution is -0.270. The van der Waals surface area contributed by atoms with Crippen molar-refractivity contribution in [2.75, 3.05) is 0 Å². The number of amides is 3. The number of hydrogen-bond donors (Lipinski definition) is 2. The molecule has 8 nitrogen and oxygen atoms in total. The second-order valence-electron chi connectivity index (χ2n) is 11.5. The summed E-state index contributed by atoms with van der Waals surface area (Å²) in [4.78, 5) is 53.1. The Bertz CT molecular complexity index is 1110. The van der Waals surface area contributed by atoms with E-state index in [-0.39, 0.29) is 13.0 Å². The lowest BCUT2D eigenvalue weighted by atomic mass is 9.90. The zero-order valence-electron chi connectivity index (χ0n) is 23.5. The number of fused-ring (bicyclic) bond motifs is 1. The fourth-order valence-electron chi connectivity index (χ4n) is 4.23. The highest BCUT2D eigenvalue weighted by Crippen LogP contribution is 2.38. The Balaban J connectivity index is 2.43. The van der Waals surface area contributed by atoms with Crippen LogP contribution < -0.4 is 10.6 Å². The third kappa shape index (κ3) is 7.69. The summed E-state index contributed by atoms with van der Waals surface area (Å²) in [6.07, 6.45) is -7.12. The minimum absolute atomic E-state index is 0.0976. The van der Waals surface area contributed by atoms with Crippen LogP contribution >= 0.6 is 0 Å². The maximum atomic E-state index is 13.9. The first-order chi connectivity index (χ1) is 18.2. The summed E-state index contributed by atoms with van der Waals surface area (Å²) in [6, 6.07) is 2.12. The molecule has 2 rings (SSSR count). The number of hydrogen-bond acceptors (Lipinski definition) is 5. The number of ketones is 1. The average molecular weight is 578 g/mol. The van der Waals surface area contributed by atoms with Crippen molar-refractivity contribution >= 4 is 23.7 Å². The van der Waals surface area contributed by atoms with Gasteiger partial charge in [-0.1, -0.05) is 52.0 Å². The van der Waals surface area contributed by atoms with E-state index in [9.17, 15) is 41.1 Å². The molecule has 13 heteroatoms. The summed E-state index contributed by atoms with van der Waals surface area (Å²) in [5, 5.41) is 4.55. The van der Waals surface area contributed by atoms with Crippen molar-refractivity contribution in [3.8, 4) is 0 Å². The number of alkyl halides is 5. The summed E-state index contributed by atoms with van der Waals surface area (Å²) < 4.78 is 71.9. The molecular formula is C27H36F5N3O5. The van der Waals surface area contributed by atoms with E-state index in [1.54, 1.807) is 58.9 Å². The molecule has 0 aliphatic carbocycles. The van der Waals surface area contributed by atoms with Crippen molar-refractivity contribution in [3.63, 3.8) is 0 Å². The van der Waals surface area contributed by atoms with Crippen LogP contribution in [-0.4, -0.2) is 64.4 Å². The number of carbonyl (C=O) groups excluding carboxylic acids is 4. The van der Waals surface area contributed by atoms with Gasteiger partial charge in [0.1, 0.15) is 17.7 Å². The van der Waals surface area contributed by atoms with Crippen molar-refractivity contribution in [2.24, 2.45) is 11.8 Å². The highest BCUT2D eigenvalue weighted by molar-refractivity contribution is 5.97. The normalized spacial score (nSPS) is 17.6. The second kappa shape index (κ2) is 12.1. The molecule has 1 aliphatic rings. The molecule has 1 aromatic rings. The Morgan fingerprint density at radius 3 is 1.88 bits per heavy atom. The van der Waals surface area contributed by atoms with Gasteiger partial charge in [0.05, 0.1) is 6.04 Å². The SMILES string of the molecule is CC(C)C(NC(=O)C1Cc2ccccc2CN1C(=O)[C@@H](NC(=O)OC(C)(C)C)C(C)C)C(=O)C(F)(F)C(F)(F)F. The molecule has 3 amide bonds. The molecule has 224 valence electrons. The molecule has 0 fully saturated rings. The van der Waals surface area contributed by atoms with Gasteiger partial charge in [0, 0.05) is 13.0 Å². The molecule has 0 saturated carbocycles. The van der Waals surface area contributed by atoms with Gasteiger partial charge in [0.2, 0.25) is 17.6 Å². The lowest BCUT2D eigenvalue weighted by Gasteiger charge is -2.39. The number of benzene rings is 1. The molecule has 1 heterocycles. The maximum absolute atomic E-state index is 13.9. The van der Waals surface area contributed by atoms with E-state index in [2.05, 4.69) is 5.32 Å². The molecular weight excluding hydrogens is 541 g/mol. The number of Topliss-reactive ketones (excluding diaryl/α,β-unsaturated/α-hetero) is 1. The van der Waals surface area contributed by atoms with Crippen LogP contribution in [0.5, 0.6) is 0 Å². The fraction of sp³-hybridized carbons (Fsp3) is 0.630. The van der Waals surface area contributed by atoms with Crippen molar-refractivity contribution in [3.05, 3.63) is 35.4 Å². The van der Waals surface area contributed by atoms with Crippen LogP contribution in [0.1, 0.15) is 59.6 Å². The zero-order valence-corrected chi connectivity index (χ0v) is 23.5. The molecule has 0 bridgehead atoms. The van der Waals surface area contributed by atoms with Crippen LogP contribution in [-0.2, 0) is 32.1 Å². The molecule has 1 aromatic carbocycles. The van der Waals surface area contributed by atoms with Crippen LogP contribution in [0.15, 0.2) is 24.3 Å². The number of ether oxygens (including phenoxy) is 1. The molecule has 0 spiro atoms. The van der Waals surface area contributed by atoms with Gasteiger partial charge in [0.25, 0.3) is 0 Å². The first-order valence-electron chi connectivity index (χ1n) is 12.8. The number of nitrogens with one attached hydrogen (secondary N) is 2. The van der Waals surface area contributed by atoms with E-state index in [1.165, 1.54) is 13.8 Å². The Hall–Kier alpha value is -3.25. The Labute approximate surface area is 230 Å². The van der Waals surface area contributed by atoms with Gasteiger partial charge in [-0.15, -0.1) is 0 Å². The van der Waals surface area contributed by atoms with Crippen LogP contribution in [0.4, 0.5) is 26.7 Å². The predicted octanol–water partition coefficient (Wildman–Crippen LogP) is 4.40. The number of rotatable bonds is 8. The van der Waals surface area contributed by atoms with E-state index < -0.39 is 71.4 Å². The molecule has 0 aromatic heterocycles. The molecule has 40 heavy (non-hydrogen) atoms. The predicted molar refractivity (Wildman–Crippen MR) is 135 cm³/mol. The van der Waals surface area contributed by atoms with Crippen LogP contribution in [0.2, 0.25) is 0 Å². The average Bonchev–Trinajstić information content (AvgIpc) is 2.81. The van der Waals surface area contributed by atoms with Gasteiger partial charge in [-0.2, -0.15) is 22.0 Å². The monoisotopic (exact) mass is 577 g/mol. The van der Waals surface area contributed by atoms with E-state index in [1.807, 2.05) is 5.32 Å². The molecule has 2 N–H and O–H groups in total. The van der Waals surface area contributed by atoms with Crippen LogP contribution in [0.25, 0.3) is 0 Å². The van der Waals surface area contributed by atoms with Crippen LogP contribution in [0, 0.1) is 11.8 Å². The van der Waals surface area contributed by atoms with Crippen LogP contribution in [0.3, 0.4) is 0 Å². The summed E-state index contributed by atoms with van der Waals surface area (Å²) in [5.74, 6) is -11.6. The minimum atomic E-state index is -6.15. The number of nitrogens with zero attached hydrogens (tertiary/aromatic N) is 1. The Kier molecular flexibility index (Phi) is 9.96. The number of alkyl carbamates (subject to hydrolysis) is 1. The molecule has 3 atom stereocenters. The van der Waals surface area contributed by atoms with E-state index in [0.717, 1.165) is 4.90 Å². The van der Waals surface area contributed by atoms with E-state index >= 15 is 0 Å². The molecule has 2 unspecified atom stereocenters. The largest absolute Gasteiger partial charge is 0.461 e.